The summed E-state index contributed by atoms with van der Waals surface area (Å²) in [5.41, 5.74) is 3.20. The van der Waals surface area contributed by atoms with E-state index in [0.717, 1.165) is 35.7 Å². The molecule has 3 aromatic carbocycles. The molecular formula is C28H25N3O4. The van der Waals surface area contributed by atoms with E-state index in [9.17, 15) is 14.4 Å². The Balaban J connectivity index is 1.15. The van der Waals surface area contributed by atoms with Gasteiger partial charge in [0.25, 0.3) is 17.7 Å². The predicted molar refractivity (Wildman–Crippen MR) is 133 cm³/mol. The van der Waals surface area contributed by atoms with Gasteiger partial charge in [0.15, 0.2) is 0 Å². The van der Waals surface area contributed by atoms with Crippen LogP contribution in [0, 0.1) is 6.92 Å². The van der Waals surface area contributed by atoms with Crippen LogP contribution in [-0.4, -0.2) is 59.5 Å². The molecule has 0 spiro atoms. The molecular weight excluding hydrogens is 442 g/mol. The summed E-state index contributed by atoms with van der Waals surface area (Å²) in [6.45, 7) is 3.27. The highest BCUT2D eigenvalue weighted by Gasteiger charge is 2.33. The van der Waals surface area contributed by atoms with Crippen LogP contribution in [0.2, 0.25) is 0 Å². The number of hydrogen-bond donors (Lipinski definition) is 0. The van der Waals surface area contributed by atoms with Crippen molar-refractivity contribution >= 4 is 40.4 Å². The number of fused-ring (bicyclic) bond motifs is 2. The molecule has 3 amide bonds. The van der Waals surface area contributed by atoms with E-state index < -0.39 is 0 Å². The molecule has 7 heteroatoms. The Morgan fingerprint density at radius 3 is 2.46 bits per heavy atom. The summed E-state index contributed by atoms with van der Waals surface area (Å²) in [6, 6.07) is 14.8. The molecule has 0 saturated carbocycles. The molecule has 0 unspecified atom stereocenters. The van der Waals surface area contributed by atoms with Gasteiger partial charge in [0.05, 0.1) is 23.9 Å². The van der Waals surface area contributed by atoms with E-state index in [1.807, 2.05) is 54.4 Å². The van der Waals surface area contributed by atoms with E-state index in [4.69, 9.17) is 4.74 Å². The normalized spacial score (nSPS) is 18.7. The van der Waals surface area contributed by atoms with Gasteiger partial charge in [-0.2, -0.15) is 0 Å². The highest BCUT2D eigenvalue weighted by atomic mass is 16.5. The lowest BCUT2D eigenvalue weighted by Gasteiger charge is -2.27. The number of imide groups is 1. The summed E-state index contributed by atoms with van der Waals surface area (Å²) < 4.78 is 6.01. The first-order chi connectivity index (χ1) is 17.0. The Hall–Kier alpha value is -4.00. The van der Waals surface area contributed by atoms with Crippen LogP contribution in [0.25, 0.3) is 10.8 Å². The van der Waals surface area contributed by atoms with Gasteiger partial charge >= 0.3 is 0 Å². The maximum atomic E-state index is 13.1. The lowest BCUT2D eigenvalue weighted by molar-refractivity contribution is 0.0602. The average Bonchev–Trinajstić information content (AvgIpc) is 3.30. The van der Waals surface area contributed by atoms with Crippen LogP contribution in [-0.2, 0) is 0 Å². The summed E-state index contributed by atoms with van der Waals surface area (Å²) >= 11 is 0. The van der Waals surface area contributed by atoms with Gasteiger partial charge in [-0.15, -0.1) is 0 Å². The summed E-state index contributed by atoms with van der Waals surface area (Å²) in [5.74, 6) is 0.136. The Morgan fingerprint density at radius 1 is 0.971 bits per heavy atom. The largest absolute Gasteiger partial charge is 0.493 e. The first-order valence-corrected chi connectivity index (χ1v) is 12.0. The third-order valence-electron chi connectivity index (χ3n) is 7.11. The van der Waals surface area contributed by atoms with E-state index in [1.165, 1.54) is 4.90 Å². The van der Waals surface area contributed by atoms with Crippen molar-refractivity contribution in [1.82, 2.24) is 9.80 Å². The van der Waals surface area contributed by atoms with Gasteiger partial charge in [0.2, 0.25) is 0 Å². The van der Waals surface area contributed by atoms with Crippen molar-refractivity contribution in [3.63, 3.8) is 0 Å². The van der Waals surface area contributed by atoms with Gasteiger partial charge in [-0.05, 0) is 55.3 Å². The maximum Gasteiger partial charge on any atom is 0.261 e. The Labute approximate surface area is 203 Å². The number of aliphatic imine (C=N–C) groups is 1. The monoisotopic (exact) mass is 467 g/mol. The van der Waals surface area contributed by atoms with E-state index in [-0.39, 0.29) is 30.3 Å². The Bertz CT molecular complexity index is 1380. The average molecular weight is 468 g/mol. The molecule has 0 aliphatic carbocycles. The lowest BCUT2D eigenvalue weighted by atomic mass is 9.94. The fourth-order valence-electron chi connectivity index (χ4n) is 5.32. The van der Waals surface area contributed by atoms with Gasteiger partial charge in [0, 0.05) is 41.9 Å². The second-order valence-electron chi connectivity index (χ2n) is 9.29. The van der Waals surface area contributed by atoms with Crippen LogP contribution in [0.15, 0.2) is 53.5 Å². The van der Waals surface area contributed by atoms with Crippen molar-refractivity contribution in [1.29, 1.82) is 0 Å². The number of hydrogen-bond acceptors (Lipinski definition) is 5. The lowest BCUT2D eigenvalue weighted by Crippen LogP contribution is -2.41. The number of carbonyl (C=O) groups is 3. The maximum absolute atomic E-state index is 13.1. The van der Waals surface area contributed by atoms with Gasteiger partial charge in [-0.1, -0.05) is 24.3 Å². The Kier molecular flexibility index (Phi) is 5.13. The number of rotatable bonds is 5. The number of ether oxygens (including phenoxy) is 1. The van der Waals surface area contributed by atoms with E-state index in [2.05, 4.69) is 4.99 Å². The minimum absolute atomic E-state index is 0.0204. The molecule has 0 bridgehead atoms. The molecule has 176 valence electrons. The molecule has 7 nitrogen and oxygen atoms in total. The smallest absolute Gasteiger partial charge is 0.261 e. The molecule has 0 N–H and O–H groups in total. The third kappa shape index (κ3) is 3.50. The second-order valence-corrected chi connectivity index (χ2v) is 9.29. The topological polar surface area (TPSA) is 79.3 Å². The zero-order valence-corrected chi connectivity index (χ0v) is 19.5. The SMILES string of the molecule is Cc1cc2c(cc1OCCCN1C(=O)c3cccc4cccc(c34)C1=O)N=C[C@@H]1CCCN1C2=O. The number of nitrogens with zero attached hydrogens (tertiary/aromatic N) is 3. The minimum Gasteiger partial charge on any atom is -0.493 e. The van der Waals surface area contributed by atoms with Gasteiger partial charge in [-0.25, -0.2) is 0 Å². The Morgan fingerprint density at radius 2 is 1.71 bits per heavy atom. The van der Waals surface area contributed by atoms with Gasteiger partial charge in [0.1, 0.15) is 5.75 Å². The van der Waals surface area contributed by atoms with E-state index in [1.54, 1.807) is 12.1 Å². The van der Waals surface area contributed by atoms with Crippen LogP contribution in [0.4, 0.5) is 5.69 Å². The zero-order chi connectivity index (χ0) is 24.1. The molecule has 3 aliphatic rings. The summed E-state index contributed by atoms with van der Waals surface area (Å²) in [6.07, 6.45) is 4.30. The fourth-order valence-corrected chi connectivity index (χ4v) is 5.32. The zero-order valence-electron chi connectivity index (χ0n) is 19.5. The molecule has 0 radical (unpaired) electrons. The number of carbonyl (C=O) groups excluding carboxylic acids is 3. The van der Waals surface area contributed by atoms with Crippen molar-refractivity contribution in [3.8, 4) is 5.75 Å². The molecule has 0 aromatic heterocycles. The van der Waals surface area contributed by atoms with Crippen LogP contribution >= 0.6 is 0 Å². The number of benzene rings is 3. The summed E-state index contributed by atoms with van der Waals surface area (Å²) in [4.78, 5) is 46.8. The quantitative estimate of drug-likeness (QED) is 0.408. The molecule has 3 aromatic rings. The molecule has 3 aliphatic heterocycles. The summed E-state index contributed by atoms with van der Waals surface area (Å²) in [5, 5.41) is 1.62. The first kappa shape index (κ1) is 21.5. The molecule has 3 heterocycles. The van der Waals surface area contributed by atoms with Crippen LogP contribution in [0.5, 0.6) is 5.75 Å². The van der Waals surface area contributed by atoms with Gasteiger partial charge in [-0.3, -0.25) is 24.3 Å². The van der Waals surface area contributed by atoms with Crippen molar-refractivity contribution in [2.75, 3.05) is 19.7 Å². The summed E-state index contributed by atoms with van der Waals surface area (Å²) in [7, 11) is 0. The van der Waals surface area contributed by atoms with Crippen molar-refractivity contribution in [2.24, 2.45) is 4.99 Å². The van der Waals surface area contributed by atoms with Crippen LogP contribution < -0.4 is 4.74 Å². The van der Waals surface area contributed by atoms with Crippen LogP contribution in [0.3, 0.4) is 0 Å². The van der Waals surface area contributed by atoms with E-state index >= 15 is 0 Å². The van der Waals surface area contributed by atoms with Crippen molar-refractivity contribution < 1.29 is 19.1 Å². The minimum atomic E-state index is -0.270. The first-order valence-electron chi connectivity index (χ1n) is 12.0. The molecule has 6 rings (SSSR count). The second kappa shape index (κ2) is 8.34. The standard InChI is InChI=1S/C28H25N3O4/c1-17-14-22-23(29-16-19-8-4-11-30(19)28(22)34)15-24(17)35-13-5-12-31-26(32)20-9-2-6-18-7-3-10-21(25(18)20)27(31)33/h2-3,6-7,9-10,14-16,19H,4-5,8,11-13H2,1H3/t19-/m0/s1. The van der Waals surface area contributed by atoms with Crippen molar-refractivity contribution in [2.45, 2.75) is 32.2 Å². The molecule has 1 saturated heterocycles. The fraction of sp³-hybridized carbons (Fsp3) is 0.286. The highest BCUT2D eigenvalue weighted by Crippen LogP contribution is 2.34. The van der Waals surface area contributed by atoms with E-state index in [0.29, 0.717) is 41.2 Å². The third-order valence-corrected chi connectivity index (χ3v) is 7.11. The number of aryl methyl sites for hydroxylation is 1. The van der Waals surface area contributed by atoms with Crippen LogP contribution in [0.1, 0.15) is 55.9 Å². The predicted octanol–water partition coefficient (Wildman–Crippen LogP) is 4.53. The molecule has 1 atom stereocenters. The molecule has 35 heavy (non-hydrogen) atoms. The number of amides is 3. The highest BCUT2D eigenvalue weighted by molar-refractivity contribution is 6.25. The molecule has 1 fully saturated rings. The van der Waals surface area contributed by atoms with Gasteiger partial charge < -0.3 is 9.64 Å². The van der Waals surface area contributed by atoms with Crippen molar-refractivity contribution in [3.05, 3.63) is 70.8 Å².